The van der Waals surface area contributed by atoms with E-state index < -0.39 is 46.9 Å². The molecule has 1 aliphatic rings. The van der Waals surface area contributed by atoms with Gasteiger partial charge in [-0.3, -0.25) is 14.9 Å². The van der Waals surface area contributed by atoms with Crippen molar-refractivity contribution in [2.24, 2.45) is 0 Å². The minimum absolute atomic E-state index is 0.0604. The molecular weight excluding hydrogens is 462 g/mol. The van der Waals surface area contributed by atoms with Gasteiger partial charge in [0.05, 0.1) is 17.6 Å². The van der Waals surface area contributed by atoms with E-state index in [1.54, 1.807) is 20.8 Å². The van der Waals surface area contributed by atoms with Gasteiger partial charge < -0.3 is 29.5 Å². The molecule has 194 valence electrons. The van der Waals surface area contributed by atoms with Gasteiger partial charge in [-0.25, -0.2) is 9.59 Å². The number of β-amino-alcohol motifs (C(OH)–C–C–N with tert-alkyl or cyclic N) is 1. The summed E-state index contributed by atoms with van der Waals surface area (Å²) >= 11 is 0. The molecule has 1 fully saturated rings. The summed E-state index contributed by atoms with van der Waals surface area (Å²) in [7, 11) is 0. The number of aliphatic hydroxyl groups excluding tert-OH is 1. The SMILES string of the molecule is CC(=O)O[C@H](CCNC(=O)OCc1ccc([N+](=O)[O-])cc1)C[C@@H]1C[C@@H](O)CN1C(=O)OC(C)(C)C. The molecule has 0 spiro atoms. The van der Waals surface area contributed by atoms with Gasteiger partial charge in [-0.05, 0) is 44.9 Å². The zero-order valence-electron chi connectivity index (χ0n) is 20.4. The van der Waals surface area contributed by atoms with Gasteiger partial charge in [0.15, 0.2) is 0 Å². The molecule has 2 N–H and O–H groups in total. The van der Waals surface area contributed by atoms with Crippen LogP contribution in [-0.4, -0.2) is 70.0 Å². The first-order chi connectivity index (χ1) is 16.3. The van der Waals surface area contributed by atoms with E-state index in [-0.39, 0.29) is 38.2 Å². The predicted octanol–water partition coefficient (Wildman–Crippen LogP) is 2.90. The van der Waals surface area contributed by atoms with Crippen LogP contribution in [0.25, 0.3) is 0 Å². The van der Waals surface area contributed by atoms with Gasteiger partial charge in [-0.1, -0.05) is 0 Å². The van der Waals surface area contributed by atoms with Crippen LogP contribution in [0.5, 0.6) is 0 Å². The van der Waals surface area contributed by atoms with E-state index in [1.807, 2.05) is 0 Å². The highest BCUT2D eigenvalue weighted by Gasteiger charge is 2.38. The number of ether oxygens (including phenoxy) is 3. The van der Waals surface area contributed by atoms with Crippen molar-refractivity contribution in [1.29, 1.82) is 0 Å². The predicted molar refractivity (Wildman–Crippen MR) is 123 cm³/mol. The molecule has 2 rings (SSSR count). The van der Waals surface area contributed by atoms with Crippen molar-refractivity contribution in [3.05, 3.63) is 39.9 Å². The molecule has 1 aliphatic heterocycles. The number of amides is 2. The van der Waals surface area contributed by atoms with E-state index in [1.165, 1.54) is 36.1 Å². The standard InChI is InChI=1S/C23H33N3O9/c1-15(27)34-20(12-18-11-19(28)13-25(18)22(30)35-23(2,3)4)9-10-24-21(29)33-14-16-5-7-17(8-6-16)26(31)32/h5-8,18-20,28H,9-14H2,1-4H3,(H,24,29)/t18-,19+,20+/m0/s1. The Hall–Kier alpha value is -3.41. The monoisotopic (exact) mass is 495 g/mol. The molecule has 0 saturated carbocycles. The zero-order valence-corrected chi connectivity index (χ0v) is 20.4. The normalized spacial score (nSPS) is 18.5. The van der Waals surface area contributed by atoms with Gasteiger partial charge in [0.25, 0.3) is 5.69 Å². The summed E-state index contributed by atoms with van der Waals surface area (Å²) in [6.07, 6.45) is -1.70. The molecule has 1 saturated heterocycles. The number of nitro groups is 1. The average Bonchev–Trinajstić information content (AvgIpc) is 3.11. The van der Waals surface area contributed by atoms with Crippen LogP contribution in [-0.2, 0) is 25.6 Å². The van der Waals surface area contributed by atoms with Crippen LogP contribution < -0.4 is 5.32 Å². The van der Waals surface area contributed by atoms with Gasteiger partial charge in [0, 0.05) is 44.5 Å². The average molecular weight is 496 g/mol. The summed E-state index contributed by atoms with van der Waals surface area (Å²) in [4.78, 5) is 47.7. The Morgan fingerprint density at radius 3 is 2.49 bits per heavy atom. The Bertz CT molecular complexity index is 898. The van der Waals surface area contributed by atoms with Crippen molar-refractivity contribution in [2.45, 2.75) is 77.4 Å². The number of hydrogen-bond donors (Lipinski definition) is 2. The van der Waals surface area contributed by atoms with Crippen LogP contribution in [0.3, 0.4) is 0 Å². The lowest BCUT2D eigenvalue weighted by Gasteiger charge is -2.30. The molecule has 0 unspecified atom stereocenters. The number of likely N-dealkylation sites (tertiary alicyclic amines) is 1. The number of esters is 1. The third-order valence-corrected chi connectivity index (χ3v) is 5.14. The fraction of sp³-hybridized carbons (Fsp3) is 0.609. The van der Waals surface area contributed by atoms with Crippen LogP contribution in [0.15, 0.2) is 24.3 Å². The number of rotatable bonds is 9. The van der Waals surface area contributed by atoms with Gasteiger partial charge in [0.1, 0.15) is 18.3 Å². The molecule has 1 aromatic carbocycles. The van der Waals surface area contributed by atoms with Crippen molar-refractivity contribution in [1.82, 2.24) is 10.2 Å². The van der Waals surface area contributed by atoms with Crippen molar-refractivity contribution >= 4 is 23.8 Å². The summed E-state index contributed by atoms with van der Waals surface area (Å²) < 4.78 is 15.9. The third-order valence-electron chi connectivity index (χ3n) is 5.14. The first-order valence-electron chi connectivity index (χ1n) is 11.3. The summed E-state index contributed by atoms with van der Waals surface area (Å²) in [6, 6.07) is 5.24. The number of non-ortho nitro benzene ring substituents is 1. The van der Waals surface area contributed by atoms with Gasteiger partial charge in [-0.15, -0.1) is 0 Å². The first-order valence-corrected chi connectivity index (χ1v) is 11.3. The number of benzene rings is 1. The Kier molecular flexibility index (Phi) is 9.81. The fourth-order valence-electron chi connectivity index (χ4n) is 3.67. The second-order valence-electron chi connectivity index (χ2n) is 9.36. The number of alkyl carbamates (subject to hydrolysis) is 1. The quantitative estimate of drug-likeness (QED) is 0.227. The highest BCUT2D eigenvalue weighted by atomic mass is 16.6. The third kappa shape index (κ3) is 9.77. The summed E-state index contributed by atoms with van der Waals surface area (Å²) in [6.45, 7) is 6.72. The topological polar surface area (TPSA) is 158 Å². The Morgan fingerprint density at radius 1 is 1.26 bits per heavy atom. The number of hydrogen-bond acceptors (Lipinski definition) is 9. The second kappa shape index (κ2) is 12.3. The molecule has 35 heavy (non-hydrogen) atoms. The van der Waals surface area contributed by atoms with E-state index in [0.717, 1.165) is 0 Å². The summed E-state index contributed by atoms with van der Waals surface area (Å²) in [5.41, 5.74) is -0.163. The molecule has 1 aromatic rings. The van der Waals surface area contributed by atoms with E-state index in [4.69, 9.17) is 14.2 Å². The highest BCUT2D eigenvalue weighted by molar-refractivity contribution is 5.69. The molecule has 0 bridgehead atoms. The van der Waals surface area contributed by atoms with Crippen LogP contribution >= 0.6 is 0 Å². The Balaban J connectivity index is 1.85. The molecule has 2 amide bonds. The van der Waals surface area contributed by atoms with E-state index in [0.29, 0.717) is 12.0 Å². The molecular formula is C23H33N3O9. The van der Waals surface area contributed by atoms with E-state index in [2.05, 4.69) is 5.32 Å². The number of carbonyl (C=O) groups excluding carboxylic acids is 3. The summed E-state index contributed by atoms with van der Waals surface area (Å²) in [5.74, 6) is -0.502. The number of nitrogens with one attached hydrogen (secondary N) is 1. The lowest BCUT2D eigenvalue weighted by molar-refractivity contribution is -0.384. The van der Waals surface area contributed by atoms with Crippen molar-refractivity contribution in [3.8, 4) is 0 Å². The minimum atomic E-state index is -0.710. The molecule has 1 heterocycles. The van der Waals surface area contributed by atoms with E-state index >= 15 is 0 Å². The molecule has 12 heteroatoms. The number of carbonyl (C=O) groups is 3. The highest BCUT2D eigenvalue weighted by Crippen LogP contribution is 2.26. The summed E-state index contributed by atoms with van der Waals surface area (Å²) in [5, 5.41) is 23.4. The number of nitro benzene ring substituents is 1. The van der Waals surface area contributed by atoms with Crippen molar-refractivity contribution in [3.63, 3.8) is 0 Å². The maximum absolute atomic E-state index is 12.5. The molecule has 0 aliphatic carbocycles. The number of nitrogens with zero attached hydrogens (tertiary/aromatic N) is 2. The van der Waals surface area contributed by atoms with Crippen molar-refractivity contribution < 1.29 is 38.6 Å². The Morgan fingerprint density at radius 2 is 1.91 bits per heavy atom. The first kappa shape index (κ1) is 27.8. The van der Waals surface area contributed by atoms with Crippen LogP contribution in [0.2, 0.25) is 0 Å². The largest absolute Gasteiger partial charge is 0.462 e. The smallest absolute Gasteiger partial charge is 0.410 e. The van der Waals surface area contributed by atoms with Crippen LogP contribution in [0.1, 0.15) is 52.5 Å². The minimum Gasteiger partial charge on any atom is -0.462 e. The van der Waals surface area contributed by atoms with Crippen LogP contribution in [0, 0.1) is 10.1 Å². The van der Waals surface area contributed by atoms with Gasteiger partial charge >= 0.3 is 18.2 Å². The van der Waals surface area contributed by atoms with Gasteiger partial charge in [-0.2, -0.15) is 0 Å². The maximum Gasteiger partial charge on any atom is 0.410 e. The Labute approximate surface area is 203 Å². The molecule has 12 nitrogen and oxygen atoms in total. The molecule has 0 aromatic heterocycles. The molecule has 3 atom stereocenters. The van der Waals surface area contributed by atoms with E-state index in [9.17, 15) is 29.6 Å². The maximum atomic E-state index is 12.5. The van der Waals surface area contributed by atoms with Crippen molar-refractivity contribution in [2.75, 3.05) is 13.1 Å². The van der Waals surface area contributed by atoms with Gasteiger partial charge in [0.2, 0.25) is 0 Å². The number of aliphatic hydroxyl groups is 1. The zero-order chi connectivity index (χ0) is 26.2. The second-order valence-corrected chi connectivity index (χ2v) is 9.36. The lowest BCUT2D eigenvalue weighted by Crippen LogP contribution is -2.42. The van der Waals surface area contributed by atoms with Crippen LogP contribution in [0.4, 0.5) is 15.3 Å². The fourth-order valence-corrected chi connectivity index (χ4v) is 3.67. The lowest BCUT2D eigenvalue weighted by atomic mass is 10.0. The molecule has 0 radical (unpaired) electrons.